The van der Waals surface area contributed by atoms with Crippen molar-refractivity contribution in [2.75, 3.05) is 7.05 Å². The number of imide groups is 1. The van der Waals surface area contributed by atoms with Crippen LogP contribution in [0, 0.1) is 6.92 Å². The zero-order valence-corrected chi connectivity index (χ0v) is 18.9. The molecule has 0 radical (unpaired) electrons. The van der Waals surface area contributed by atoms with Crippen LogP contribution in [0.15, 0.2) is 65.6 Å². The van der Waals surface area contributed by atoms with Crippen molar-refractivity contribution in [3.05, 3.63) is 83.5 Å². The molecule has 3 aromatic rings. The molecule has 1 saturated heterocycles. The summed E-state index contributed by atoms with van der Waals surface area (Å²) in [4.78, 5) is 47.2. The topological polar surface area (TPSA) is 96.6 Å². The van der Waals surface area contributed by atoms with E-state index in [-0.39, 0.29) is 43.1 Å². The lowest BCUT2D eigenvalue weighted by Crippen LogP contribution is -2.43. The van der Waals surface area contributed by atoms with Gasteiger partial charge in [-0.05, 0) is 36.6 Å². The van der Waals surface area contributed by atoms with E-state index in [1.54, 1.807) is 36.5 Å². The number of carbonyl (C=O) groups excluding carboxylic acids is 3. The lowest BCUT2D eigenvalue weighted by atomic mass is 9.74. The highest BCUT2D eigenvalue weighted by atomic mass is 16.5. The van der Waals surface area contributed by atoms with Gasteiger partial charge in [-0.2, -0.15) is 0 Å². The van der Waals surface area contributed by atoms with E-state index in [0.29, 0.717) is 11.3 Å². The minimum absolute atomic E-state index is 0.0606. The molecule has 1 aromatic carbocycles. The molecule has 2 atom stereocenters. The van der Waals surface area contributed by atoms with Crippen molar-refractivity contribution in [3.8, 4) is 0 Å². The first-order valence-corrected chi connectivity index (χ1v) is 10.8. The second-order valence-electron chi connectivity index (χ2n) is 8.50. The molecule has 0 spiro atoms. The number of amides is 3. The van der Waals surface area contributed by atoms with E-state index in [2.05, 4.69) is 10.1 Å². The molecule has 3 heterocycles. The molecule has 33 heavy (non-hydrogen) atoms. The molecule has 0 N–H and O–H groups in total. The standard InChI is InChI=1S/C25H26N4O4/c1-17-7-4-5-9-20(17)25(13-22(30)28(3)18(2)21-10-12-33-27-21)14-23(31)29(24(25)32)16-19-8-6-11-26-15-19/h4-12,15,18H,13-14,16H2,1-3H3/t18-,25-/m1/s1. The van der Waals surface area contributed by atoms with Crippen LogP contribution in [0.25, 0.3) is 0 Å². The van der Waals surface area contributed by atoms with Crippen LogP contribution in [0.3, 0.4) is 0 Å². The number of aromatic nitrogens is 2. The molecule has 1 aliphatic rings. The third-order valence-electron chi connectivity index (χ3n) is 6.45. The number of likely N-dealkylation sites (tertiary alicyclic amines) is 1. The maximum Gasteiger partial charge on any atom is 0.241 e. The summed E-state index contributed by atoms with van der Waals surface area (Å²) in [7, 11) is 1.67. The average molecular weight is 447 g/mol. The fraction of sp³-hybridized carbons (Fsp3) is 0.320. The summed E-state index contributed by atoms with van der Waals surface area (Å²) in [5.41, 5.74) is 1.67. The van der Waals surface area contributed by atoms with Gasteiger partial charge in [0, 0.05) is 38.3 Å². The van der Waals surface area contributed by atoms with E-state index >= 15 is 0 Å². The minimum atomic E-state index is -1.26. The largest absolute Gasteiger partial charge is 0.364 e. The van der Waals surface area contributed by atoms with Gasteiger partial charge < -0.3 is 9.42 Å². The molecule has 0 bridgehead atoms. The van der Waals surface area contributed by atoms with Gasteiger partial charge in [-0.15, -0.1) is 0 Å². The lowest BCUT2D eigenvalue weighted by Gasteiger charge is -2.32. The fourth-order valence-corrected chi connectivity index (χ4v) is 4.42. The summed E-state index contributed by atoms with van der Waals surface area (Å²) >= 11 is 0. The SMILES string of the molecule is Cc1ccccc1[C@@]1(CC(=O)N(C)[C@H](C)c2ccon2)CC(=O)N(Cc2cccnc2)C1=O. The number of carbonyl (C=O) groups is 3. The van der Waals surface area contributed by atoms with Crippen LogP contribution in [0.2, 0.25) is 0 Å². The summed E-state index contributed by atoms with van der Waals surface area (Å²) in [6.45, 7) is 3.86. The summed E-state index contributed by atoms with van der Waals surface area (Å²) < 4.78 is 4.91. The monoisotopic (exact) mass is 446 g/mol. The third kappa shape index (κ3) is 4.16. The van der Waals surface area contributed by atoms with E-state index in [0.717, 1.165) is 11.1 Å². The van der Waals surface area contributed by atoms with Crippen LogP contribution in [0.5, 0.6) is 0 Å². The number of hydrogen-bond donors (Lipinski definition) is 0. The Labute approximate surface area is 192 Å². The van der Waals surface area contributed by atoms with Crippen molar-refractivity contribution < 1.29 is 18.9 Å². The summed E-state index contributed by atoms with van der Waals surface area (Å²) in [5, 5.41) is 3.92. The number of benzene rings is 1. The van der Waals surface area contributed by atoms with E-state index in [1.165, 1.54) is 11.2 Å². The van der Waals surface area contributed by atoms with E-state index in [9.17, 15) is 14.4 Å². The molecule has 0 unspecified atom stereocenters. The Balaban J connectivity index is 1.68. The Morgan fingerprint density at radius 1 is 1.21 bits per heavy atom. The van der Waals surface area contributed by atoms with E-state index in [1.807, 2.05) is 44.2 Å². The number of rotatable bonds is 7. The second-order valence-corrected chi connectivity index (χ2v) is 8.50. The van der Waals surface area contributed by atoms with Gasteiger partial charge in [0.15, 0.2) is 0 Å². The molecule has 8 nitrogen and oxygen atoms in total. The van der Waals surface area contributed by atoms with Crippen molar-refractivity contribution >= 4 is 17.7 Å². The van der Waals surface area contributed by atoms with Crippen molar-refractivity contribution in [2.24, 2.45) is 0 Å². The summed E-state index contributed by atoms with van der Waals surface area (Å²) in [6, 6.07) is 12.4. The van der Waals surface area contributed by atoms with Crippen molar-refractivity contribution in [1.82, 2.24) is 19.9 Å². The van der Waals surface area contributed by atoms with Crippen LogP contribution >= 0.6 is 0 Å². The second kappa shape index (κ2) is 8.97. The molecule has 1 aliphatic heterocycles. The number of hydrogen-bond acceptors (Lipinski definition) is 6. The minimum Gasteiger partial charge on any atom is -0.364 e. The van der Waals surface area contributed by atoms with Gasteiger partial charge in [0.1, 0.15) is 12.0 Å². The van der Waals surface area contributed by atoms with Crippen LogP contribution < -0.4 is 0 Å². The van der Waals surface area contributed by atoms with Gasteiger partial charge in [0.2, 0.25) is 17.7 Å². The molecular formula is C25H26N4O4. The van der Waals surface area contributed by atoms with Gasteiger partial charge in [-0.3, -0.25) is 24.3 Å². The van der Waals surface area contributed by atoms with Crippen molar-refractivity contribution in [1.29, 1.82) is 0 Å². The Kier molecular flexibility index (Phi) is 6.09. The van der Waals surface area contributed by atoms with Gasteiger partial charge in [0.05, 0.1) is 18.0 Å². The molecule has 8 heteroatoms. The molecule has 0 aliphatic carbocycles. The summed E-state index contributed by atoms with van der Waals surface area (Å²) in [5.74, 6) is -0.910. The van der Waals surface area contributed by atoms with Crippen LogP contribution in [0.4, 0.5) is 0 Å². The Bertz CT molecular complexity index is 1160. The fourth-order valence-electron chi connectivity index (χ4n) is 4.42. The normalized spacial score (nSPS) is 19.1. The van der Waals surface area contributed by atoms with Gasteiger partial charge in [-0.1, -0.05) is 35.5 Å². The van der Waals surface area contributed by atoms with Crippen molar-refractivity contribution in [2.45, 2.75) is 44.7 Å². The summed E-state index contributed by atoms with van der Waals surface area (Å²) in [6.07, 6.45) is 4.54. The Hall–Kier alpha value is -3.81. The molecule has 4 rings (SSSR count). The Morgan fingerprint density at radius 3 is 2.67 bits per heavy atom. The van der Waals surface area contributed by atoms with Crippen LogP contribution in [0.1, 0.15) is 48.2 Å². The molecule has 170 valence electrons. The van der Waals surface area contributed by atoms with E-state index < -0.39 is 5.41 Å². The number of pyridine rings is 1. The zero-order valence-electron chi connectivity index (χ0n) is 18.9. The first kappa shape index (κ1) is 22.4. The molecule has 3 amide bonds. The average Bonchev–Trinajstić information content (AvgIpc) is 3.43. The predicted molar refractivity (Wildman–Crippen MR) is 120 cm³/mol. The van der Waals surface area contributed by atoms with Crippen molar-refractivity contribution in [3.63, 3.8) is 0 Å². The number of aryl methyl sites for hydroxylation is 1. The van der Waals surface area contributed by atoms with E-state index in [4.69, 9.17) is 4.52 Å². The highest BCUT2D eigenvalue weighted by Crippen LogP contribution is 2.42. The third-order valence-corrected chi connectivity index (χ3v) is 6.45. The predicted octanol–water partition coefficient (Wildman–Crippen LogP) is 3.18. The smallest absolute Gasteiger partial charge is 0.241 e. The lowest BCUT2D eigenvalue weighted by molar-refractivity contribution is -0.143. The highest BCUT2D eigenvalue weighted by Gasteiger charge is 2.54. The zero-order chi connectivity index (χ0) is 23.6. The van der Waals surface area contributed by atoms with Gasteiger partial charge in [0.25, 0.3) is 0 Å². The maximum absolute atomic E-state index is 13.8. The molecule has 1 fully saturated rings. The molecule has 0 saturated carbocycles. The number of nitrogens with zero attached hydrogens (tertiary/aromatic N) is 4. The first-order chi connectivity index (χ1) is 15.8. The van der Waals surface area contributed by atoms with Crippen LogP contribution in [-0.2, 0) is 26.3 Å². The molecule has 2 aromatic heterocycles. The quantitative estimate of drug-likeness (QED) is 0.517. The molecular weight excluding hydrogens is 420 g/mol. The highest BCUT2D eigenvalue weighted by molar-refractivity contribution is 6.10. The first-order valence-electron chi connectivity index (χ1n) is 10.8. The Morgan fingerprint density at radius 2 is 2.00 bits per heavy atom. The van der Waals surface area contributed by atoms with Gasteiger partial charge >= 0.3 is 0 Å². The van der Waals surface area contributed by atoms with Crippen LogP contribution in [-0.4, -0.2) is 44.7 Å². The maximum atomic E-state index is 13.8. The van der Waals surface area contributed by atoms with Gasteiger partial charge in [-0.25, -0.2) is 0 Å².